The van der Waals surface area contributed by atoms with Gasteiger partial charge in [-0.25, -0.2) is 0 Å². The van der Waals surface area contributed by atoms with Crippen molar-refractivity contribution in [3.8, 4) is 0 Å². The van der Waals surface area contributed by atoms with Crippen molar-refractivity contribution in [2.75, 3.05) is 0 Å². The molecule has 1 heterocycles. The molecule has 0 aliphatic heterocycles. The van der Waals surface area contributed by atoms with Crippen molar-refractivity contribution < 1.29 is 0 Å². The number of rotatable bonds is 3. The zero-order valence-electron chi connectivity index (χ0n) is 13.5. The zero-order chi connectivity index (χ0) is 14.9. The first kappa shape index (κ1) is 15.8. The lowest BCUT2D eigenvalue weighted by molar-refractivity contribution is 0.165. The summed E-state index contributed by atoms with van der Waals surface area (Å²) in [6.45, 7) is 11.5. The third-order valence-corrected chi connectivity index (χ3v) is 4.98. The third kappa shape index (κ3) is 3.19. The van der Waals surface area contributed by atoms with Gasteiger partial charge >= 0.3 is 0 Å². The Morgan fingerprint density at radius 1 is 1.15 bits per heavy atom. The molecular weight excluding hydrogens is 270 g/mol. The van der Waals surface area contributed by atoms with Gasteiger partial charge in [-0.15, -0.1) is 21.8 Å². The van der Waals surface area contributed by atoms with Crippen LogP contribution in [-0.2, 0) is 5.88 Å². The Bertz CT molecular complexity index is 437. The van der Waals surface area contributed by atoms with Crippen molar-refractivity contribution in [2.45, 2.75) is 78.1 Å². The second-order valence-corrected chi connectivity index (χ2v) is 7.75. The van der Waals surface area contributed by atoms with Crippen LogP contribution in [0.2, 0.25) is 0 Å². The second-order valence-electron chi connectivity index (χ2n) is 7.49. The van der Waals surface area contributed by atoms with Crippen molar-refractivity contribution in [1.29, 1.82) is 0 Å². The van der Waals surface area contributed by atoms with Crippen LogP contribution >= 0.6 is 11.6 Å². The van der Waals surface area contributed by atoms with Crippen LogP contribution in [0.4, 0.5) is 0 Å². The lowest BCUT2D eigenvalue weighted by Crippen LogP contribution is -2.26. The summed E-state index contributed by atoms with van der Waals surface area (Å²) >= 11 is 5.99. The topological polar surface area (TPSA) is 30.7 Å². The summed E-state index contributed by atoms with van der Waals surface area (Å²) in [5, 5.41) is 8.73. The van der Waals surface area contributed by atoms with Gasteiger partial charge in [-0.2, -0.15) is 0 Å². The number of halogens is 1. The Balaban J connectivity index is 2.13. The molecule has 1 fully saturated rings. The van der Waals surface area contributed by atoms with Gasteiger partial charge < -0.3 is 4.57 Å². The van der Waals surface area contributed by atoms with Crippen molar-refractivity contribution in [2.24, 2.45) is 11.3 Å². The minimum absolute atomic E-state index is 0.383. The standard InChI is InChI=1S/C16H28ClN3/c1-11(2)20-14(10-17)18-19-15(20)12-6-8-13(9-7-12)16(3,4)5/h11-13H,6-10H2,1-5H3. The van der Waals surface area contributed by atoms with Gasteiger partial charge in [0.1, 0.15) is 11.6 Å². The van der Waals surface area contributed by atoms with Crippen LogP contribution in [-0.4, -0.2) is 14.8 Å². The quantitative estimate of drug-likeness (QED) is 0.742. The van der Waals surface area contributed by atoms with E-state index in [0.29, 0.717) is 23.3 Å². The first-order valence-electron chi connectivity index (χ1n) is 7.84. The van der Waals surface area contributed by atoms with Gasteiger partial charge in [-0.05, 0) is 50.9 Å². The maximum atomic E-state index is 5.99. The lowest BCUT2D eigenvalue weighted by Gasteiger charge is -2.36. The van der Waals surface area contributed by atoms with Crippen LogP contribution in [0, 0.1) is 11.3 Å². The molecular formula is C16H28ClN3. The fourth-order valence-electron chi connectivity index (χ4n) is 3.49. The van der Waals surface area contributed by atoms with Gasteiger partial charge in [-0.3, -0.25) is 0 Å². The summed E-state index contributed by atoms with van der Waals surface area (Å²) in [6, 6.07) is 0.383. The van der Waals surface area contributed by atoms with E-state index < -0.39 is 0 Å². The Hall–Kier alpha value is -0.570. The molecule has 20 heavy (non-hydrogen) atoms. The van der Waals surface area contributed by atoms with E-state index in [2.05, 4.69) is 49.4 Å². The molecule has 0 aromatic carbocycles. The van der Waals surface area contributed by atoms with E-state index in [-0.39, 0.29) is 0 Å². The Morgan fingerprint density at radius 2 is 1.75 bits per heavy atom. The fourth-order valence-corrected chi connectivity index (χ4v) is 3.67. The van der Waals surface area contributed by atoms with Gasteiger partial charge in [0, 0.05) is 12.0 Å². The van der Waals surface area contributed by atoms with Gasteiger partial charge in [-0.1, -0.05) is 20.8 Å². The summed E-state index contributed by atoms with van der Waals surface area (Å²) in [5.74, 6) is 3.91. The van der Waals surface area contributed by atoms with E-state index in [1.165, 1.54) is 25.7 Å². The van der Waals surface area contributed by atoms with E-state index in [0.717, 1.165) is 17.6 Å². The van der Waals surface area contributed by atoms with Gasteiger partial charge in [0.2, 0.25) is 0 Å². The Kier molecular flexibility index (Phi) is 4.78. The maximum Gasteiger partial charge on any atom is 0.148 e. The minimum atomic E-state index is 0.383. The fraction of sp³-hybridized carbons (Fsp3) is 0.875. The highest BCUT2D eigenvalue weighted by Gasteiger charge is 2.32. The van der Waals surface area contributed by atoms with Gasteiger partial charge in [0.05, 0.1) is 5.88 Å². The van der Waals surface area contributed by atoms with E-state index in [9.17, 15) is 0 Å². The van der Waals surface area contributed by atoms with Crippen LogP contribution in [0.5, 0.6) is 0 Å². The molecule has 2 rings (SSSR count). The summed E-state index contributed by atoms with van der Waals surface area (Å²) in [5.41, 5.74) is 0.429. The molecule has 1 aromatic heterocycles. The molecule has 3 nitrogen and oxygen atoms in total. The Labute approximate surface area is 128 Å². The molecule has 1 aliphatic carbocycles. The summed E-state index contributed by atoms with van der Waals surface area (Å²) in [6.07, 6.45) is 5.06. The molecule has 1 aliphatic rings. The summed E-state index contributed by atoms with van der Waals surface area (Å²) in [7, 11) is 0. The molecule has 0 saturated heterocycles. The molecule has 1 saturated carbocycles. The monoisotopic (exact) mass is 297 g/mol. The van der Waals surface area contributed by atoms with Crippen molar-refractivity contribution >= 4 is 11.6 Å². The third-order valence-electron chi connectivity index (χ3n) is 4.75. The van der Waals surface area contributed by atoms with Crippen LogP contribution in [0.15, 0.2) is 0 Å². The first-order valence-corrected chi connectivity index (χ1v) is 8.37. The molecule has 4 heteroatoms. The zero-order valence-corrected chi connectivity index (χ0v) is 14.2. The Morgan fingerprint density at radius 3 is 2.20 bits per heavy atom. The van der Waals surface area contributed by atoms with E-state index in [1.54, 1.807) is 0 Å². The normalized spacial score (nSPS) is 24.4. The summed E-state index contributed by atoms with van der Waals surface area (Å²) < 4.78 is 2.25. The van der Waals surface area contributed by atoms with E-state index in [1.807, 2.05) is 0 Å². The predicted molar refractivity (Wildman–Crippen MR) is 84.1 cm³/mol. The van der Waals surface area contributed by atoms with Crippen LogP contribution in [0.3, 0.4) is 0 Å². The first-order chi connectivity index (χ1) is 9.34. The minimum Gasteiger partial charge on any atom is -0.311 e. The number of nitrogens with zero attached hydrogens (tertiary/aromatic N) is 3. The molecule has 0 N–H and O–H groups in total. The highest BCUT2D eigenvalue weighted by atomic mass is 35.5. The number of hydrogen-bond acceptors (Lipinski definition) is 2. The molecule has 0 bridgehead atoms. The van der Waals surface area contributed by atoms with Crippen molar-refractivity contribution in [3.05, 3.63) is 11.6 Å². The molecule has 114 valence electrons. The highest BCUT2D eigenvalue weighted by Crippen LogP contribution is 2.43. The molecule has 0 atom stereocenters. The van der Waals surface area contributed by atoms with E-state index >= 15 is 0 Å². The van der Waals surface area contributed by atoms with E-state index in [4.69, 9.17) is 11.6 Å². The SMILES string of the molecule is CC(C)n1c(CCl)nnc1C1CCC(C(C)(C)C)CC1. The van der Waals surface area contributed by atoms with Crippen molar-refractivity contribution in [3.63, 3.8) is 0 Å². The highest BCUT2D eigenvalue weighted by molar-refractivity contribution is 6.16. The second kappa shape index (κ2) is 6.05. The van der Waals surface area contributed by atoms with Crippen LogP contribution in [0.25, 0.3) is 0 Å². The smallest absolute Gasteiger partial charge is 0.148 e. The predicted octanol–water partition coefficient (Wildman–Crippen LogP) is 4.92. The van der Waals surface area contributed by atoms with Gasteiger partial charge in [0.15, 0.2) is 0 Å². The lowest BCUT2D eigenvalue weighted by atomic mass is 9.69. The number of hydrogen-bond donors (Lipinski definition) is 0. The molecule has 0 radical (unpaired) electrons. The number of alkyl halides is 1. The molecule has 0 amide bonds. The average Bonchev–Trinajstić information content (AvgIpc) is 2.81. The number of aromatic nitrogens is 3. The molecule has 0 unspecified atom stereocenters. The van der Waals surface area contributed by atoms with Crippen LogP contribution in [0.1, 0.15) is 83.9 Å². The molecule has 0 spiro atoms. The maximum absolute atomic E-state index is 5.99. The average molecular weight is 298 g/mol. The van der Waals surface area contributed by atoms with Gasteiger partial charge in [0.25, 0.3) is 0 Å². The molecule has 1 aromatic rings. The van der Waals surface area contributed by atoms with Crippen LogP contribution < -0.4 is 0 Å². The summed E-state index contributed by atoms with van der Waals surface area (Å²) in [4.78, 5) is 0. The van der Waals surface area contributed by atoms with Crippen molar-refractivity contribution in [1.82, 2.24) is 14.8 Å². The largest absolute Gasteiger partial charge is 0.311 e.